The average Bonchev–Trinajstić information content (AvgIpc) is 3.03. The Kier molecular flexibility index (Phi) is 5.32. The molecular weight excluding hydrogens is 396 g/mol. The van der Waals surface area contributed by atoms with E-state index in [-0.39, 0.29) is 35.8 Å². The van der Waals surface area contributed by atoms with Gasteiger partial charge in [-0.2, -0.15) is 0 Å². The Morgan fingerprint density at radius 2 is 2.00 bits per heavy atom. The van der Waals surface area contributed by atoms with Crippen LogP contribution in [0.4, 0.5) is 0 Å². The molecule has 0 bridgehead atoms. The number of morpholine rings is 1. The van der Waals surface area contributed by atoms with Crippen molar-refractivity contribution >= 4 is 17.7 Å². The summed E-state index contributed by atoms with van der Waals surface area (Å²) in [6.45, 7) is 7.21. The van der Waals surface area contributed by atoms with E-state index in [1.807, 2.05) is 12.1 Å². The summed E-state index contributed by atoms with van der Waals surface area (Å²) in [6.07, 6.45) is 2.93. The summed E-state index contributed by atoms with van der Waals surface area (Å²) in [4.78, 5) is 40.7. The summed E-state index contributed by atoms with van der Waals surface area (Å²) in [5.41, 5.74) is 2.75. The Morgan fingerprint density at radius 1 is 1.19 bits per heavy atom. The minimum Gasteiger partial charge on any atom is -0.369 e. The smallest absolute Gasteiger partial charge is 0.255 e. The monoisotopic (exact) mass is 426 g/mol. The van der Waals surface area contributed by atoms with Crippen molar-refractivity contribution in [3.8, 4) is 0 Å². The van der Waals surface area contributed by atoms with Gasteiger partial charge in [-0.25, -0.2) is 0 Å². The van der Waals surface area contributed by atoms with Crippen molar-refractivity contribution in [2.75, 3.05) is 26.2 Å². The van der Waals surface area contributed by atoms with E-state index in [4.69, 9.17) is 4.74 Å². The van der Waals surface area contributed by atoms with E-state index < -0.39 is 6.04 Å². The molecule has 4 heterocycles. The van der Waals surface area contributed by atoms with Gasteiger partial charge in [-0.1, -0.05) is 12.1 Å². The molecular formula is C23H30N4O4. The SMILES string of the molecule is CC1CN(Cc2ccc3c(c2)CN(C2CCC(=O)NC2=O)C3=O)CC2(CCNCC2)O1. The van der Waals surface area contributed by atoms with Crippen LogP contribution in [0.5, 0.6) is 0 Å². The zero-order chi connectivity index (χ0) is 21.6. The second kappa shape index (κ2) is 8.00. The fourth-order valence-electron chi connectivity index (χ4n) is 5.60. The number of nitrogens with zero attached hydrogens (tertiary/aromatic N) is 2. The number of benzene rings is 1. The van der Waals surface area contributed by atoms with Crippen LogP contribution in [0, 0.1) is 0 Å². The van der Waals surface area contributed by atoms with E-state index in [9.17, 15) is 14.4 Å². The third-order valence-corrected chi connectivity index (χ3v) is 6.99. The van der Waals surface area contributed by atoms with Crippen molar-refractivity contribution in [2.24, 2.45) is 0 Å². The predicted octanol–water partition coefficient (Wildman–Crippen LogP) is 0.791. The molecule has 4 aliphatic rings. The number of piperidine rings is 2. The Labute approximate surface area is 182 Å². The van der Waals surface area contributed by atoms with E-state index >= 15 is 0 Å². The van der Waals surface area contributed by atoms with Gasteiger partial charge in [0.25, 0.3) is 5.91 Å². The molecule has 2 unspecified atom stereocenters. The zero-order valence-electron chi connectivity index (χ0n) is 18.0. The lowest BCUT2D eigenvalue weighted by atomic mass is 9.89. The molecule has 2 N–H and O–H groups in total. The van der Waals surface area contributed by atoms with Crippen molar-refractivity contribution in [2.45, 2.75) is 63.4 Å². The fourth-order valence-corrected chi connectivity index (χ4v) is 5.60. The number of fused-ring (bicyclic) bond motifs is 1. The molecule has 4 aliphatic heterocycles. The van der Waals surface area contributed by atoms with Crippen LogP contribution in [0.15, 0.2) is 18.2 Å². The lowest BCUT2D eigenvalue weighted by Crippen LogP contribution is -2.58. The molecule has 1 aromatic carbocycles. The van der Waals surface area contributed by atoms with Gasteiger partial charge in [-0.05, 0) is 56.5 Å². The summed E-state index contributed by atoms with van der Waals surface area (Å²) in [7, 11) is 0. The number of rotatable bonds is 3. The third kappa shape index (κ3) is 4.00. The van der Waals surface area contributed by atoms with Crippen LogP contribution in [0.1, 0.15) is 54.1 Å². The zero-order valence-corrected chi connectivity index (χ0v) is 18.0. The van der Waals surface area contributed by atoms with E-state index in [1.165, 1.54) is 5.56 Å². The van der Waals surface area contributed by atoms with E-state index in [2.05, 4.69) is 28.5 Å². The number of amides is 3. The first kappa shape index (κ1) is 20.6. The lowest BCUT2D eigenvalue weighted by Gasteiger charge is -2.47. The largest absolute Gasteiger partial charge is 0.369 e. The standard InChI is InChI=1S/C23H30N4O4/c1-15-11-26(14-23(31-15)6-8-24-9-7-23)12-16-2-3-18-17(10-16)13-27(22(18)30)19-4-5-20(28)25-21(19)29/h2-3,10,15,19,24H,4-9,11-14H2,1H3,(H,25,28,29). The maximum absolute atomic E-state index is 12.9. The summed E-state index contributed by atoms with van der Waals surface area (Å²) >= 11 is 0. The van der Waals surface area contributed by atoms with Gasteiger partial charge in [-0.15, -0.1) is 0 Å². The first-order valence-electron chi connectivity index (χ1n) is 11.3. The van der Waals surface area contributed by atoms with Crippen LogP contribution in [-0.4, -0.2) is 71.4 Å². The van der Waals surface area contributed by atoms with E-state index in [0.29, 0.717) is 18.5 Å². The molecule has 31 heavy (non-hydrogen) atoms. The Morgan fingerprint density at radius 3 is 2.77 bits per heavy atom. The molecule has 3 amide bonds. The summed E-state index contributed by atoms with van der Waals surface area (Å²) < 4.78 is 6.37. The van der Waals surface area contributed by atoms with Gasteiger partial charge in [0.05, 0.1) is 11.7 Å². The van der Waals surface area contributed by atoms with E-state index in [0.717, 1.165) is 51.1 Å². The molecule has 3 fully saturated rings. The van der Waals surface area contributed by atoms with Gasteiger partial charge >= 0.3 is 0 Å². The number of ether oxygens (including phenoxy) is 1. The van der Waals surface area contributed by atoms with Crippen LogP contribution in [0.25, 0.3) is 0 Å². The molecule has 0 aromatic heterocycles. The minimum atomic E-state index is -0.569. The molecule has 8 heteroatoms. The first-order chi connectivity index (χ1) is 14.9. The van der Waals surface area contributed by atoms with Crippen LogP contribution in [0.3, 0.4) is 0 Å². The highest BCUT2D eigenvalue weighted by Crippen LogP contribution is 2.32. The molecule has 2 atom stereocenters. The minimum absolute atomic E-state index is 0.0574. The molecule has 0 saturated carbocycles. The van der Waals surface area contributed by atoms with Crippen molar-refractivity contribution in [3.05, 3.63) is 34.9 Å². The first-order valence-corrected chi connectivity index (χ1v) is 11.3. The normalized spacial score (nSPS) is 28.7. The fraction of sp³-hybridized carbons (Fsp3) is 0.609. The quantitative estimate of drug-likeness (QED) is 0.695. The molecule has 5 rings (SSSR count). The molecule has 0 aliphatic carbocycles. The summed E-state index contributed by atoms with van der Waals surface area (Å²) in [6, 6.07) is 5.46. The number of hydrogen-bond acceptors (Lipinski definition) is 6. The Hall–Kier alpha value is -2.29. The number of nitrogens with one attached hydrogen (secondary N) is 2. The number of imide groups is 1. The lowest BCUT2D eigenvalue weighted by molar-refractivity contribution is -0.162. The van der Waals surface area contributed by atoms with Crippen LogP contribution in [-0.2, 0) is 27.4 Å². The Balaban J connectivity index is 1.29. The van der Waals surface area contributed by atoms with Crippen LogP contribution >= 0.6 is 0 Å². The highest BCUT2D eigenvalue weighted by Gasteiger charge is 2.41. The van der Waals surface area contributed by atoms with Crippen molar-refractivity contribution in [1.82, 2.24) is 20.4 Å². The maximum atomic E-state index is 12.9. The van der Waals surface area contributed by atoms with Crippen molar-refractivity contribution in [3.63, 3.8) is 0 Å². The summed E-state index contributed by atoms with van der Waals surface area (Å²) in [5.74, 6) is -0.754. The molecule has 0 radical (unpaired) electrons. The van der Waals surface area contributed by atoms with Gasteiger partial charge in [0.2, 0.25) is 11.8 Å². The number of carbonyl (C=O) groups is 3. The average molecular weight is 427 g/mol. The third-order valence-electron chi connectivity index (χ3n) is 6.99. The molecule has 166 valence electrons. The highest BCUT2D eigenvalue weighted by atomic mass is 16.5. The van der Waals surface area contributed by atoms with Gasteiger partial charge < -0.3 is 15.0 Å². The van der Waals surface area contributed by atoms with Crippen LogP contribution in [0.2, 0.25) is 0 Å². The topological polar surface area (TPSA) is 91.0 Å². The van der Waals surface area contributed by atoms with Crippen LogP contribution < -0.4 is 10.6 Å². The molecule has 1 aromatic rings. The Bertz CT molecular complexity index is 911. The van der Waals surface area contributed by atoms with Crippen molar-refractivity contribution < 1.29 is 19.1 Å². The second-order valence-electron chi connectivity index (χ2n) is 9.42. The van der Waals surface area contributed by atoms with Gasteiger partial charge in [0.1, 0.15) is 6.04 Å². The van der Waals surface area contributed by atoms with Gasteiger partial charge in [0, 0.05) is 38.2 Å². The predicted molar refractivity (Wildman–Crippen MR) is 113 cm³/mol. The highest BCUT2D eigenvalue weighted by molar-refractivity contribution is 6.05. The van der Waals surface area contributed by atoms with Gasteiger partial charge in [0.15, 0.2) is 0 Å². The number of carbonyl (C=O) groups excluding carboxylic acids is 3. The summed E-state index contributed by atoms with van der Waals surface area (Å²) in [5, 5.41) is 5.78. The maximum Gasteiger partial charge on any atom is 0.255 e. The van der Waals surface area contributed by atoms with E-state index in [1.54, 1.807) is 4.90 Å². The molecule has 8 nitrogen and oxygen atoms in total. The molecule has 1 spiro atoms. The number of hydrogen-bond donors (Lipinski definition) is 2. The molecule has 3 saturated heterocycles. The second-order valence-corrected chi connectivity index (χ2v) is 9.42. The van der Waals surface area contributed by atoms with Crippen molar-refractivity contribution in [1.29, 1.82) is 0 Å². The van der Waals surface area contributed by atoms with Gasteiger partial charge in [-0.3, -0.25) is 24.6 Å².